The van der Waals surface area contributed by atoms with Gasteiger partial charge in [0.25, 0.3) is 0 Å². The van der Waals surface area contributed by atoms with Crippen LogP contribution in [-0.2, 0) is 31.4 Å². The summed E-state index contributed by atoms with van der Waals surface area (Å²) in [5.74, 6) is 0.558. The van der Waals surface area contributed by atoms with E-state index in [9.17, 15) is 4.79 Å². The molecular formula is C13H17N5O. The van der Waals surface area contributed by atoms with Crippen LogP contribution in [0.1, 0.15) is 17.0 Å². The number of carbonyl (C=O) groups excluding carboxylic acids is 1. The Kier molecular flexibility index (Phi) is 4.25. The van der Waals surface area contributed by atoms with Gasteiger partial charge < -0.3 is 11.1 Å². The van der Waals surface area contributed by atoms with Crippen LogP contribution in [0.4, 0.5) is 0 Å². The van der Waals surface area contributed by atoms with E-state index >= 15 is 0 Å². The van der Waals surface area contributed by atoms with E-state index in [1.807, 2.05) is 24.3 Å². The Morgan fingerprint density at radius 3 is 2.58 bits per heavy atom. The fourth-order valence-corrected chi connectivity index (χ4v) is 1.68. The topological polar surface area (TPSA) is 85.8 Å². The van der Waals surface area contributed by atoms with Crippen LogP contribution in [0.3, 0.4) is 0 Å². The van der Waals surface area contributed by atoms with Gasteiger partial charge in [0.05, 0.1) is 13.0 Å². The van der Waals surface area contributed by atoms with E-state index in [1.165, 1.54) is 0 Å². The summed E-state index contributed by atoms with van der Waals surface area (Å²) in [6.45, 7) is 0.860. The van der Waals surface area contributed by atoms with Crippen molar-refractivity contribution in [3.63, 3.8) is 0 Å². The van der Waals surface area contributed by atoms with Gasteiger partial charge in [-0.3, -0.25) is 9.48 Å². The minimum absolute atomic E-state index is 0.0482. The predicted molar refractivity (Wildman–Crippen MR) is 70.9 cm³/mol. The molecule has 1 aromatic carbocycles. The molecule has 0 aliphatic carbocycles. The van der Waals surface area contributed by atoms with Crippen LogP contribution in [0.15, 0.2) is 30.6 Å². The second kappa shape index (κ2) is 6.10. The van der Waals surface area contributed by atoms with E-state index in [1.54, 1.807) is 18.1 Å². The number of nitrogens with zero attached hydrogens (tertiary/aromatic N) is 3. The number of aryl methyl sites for hydroxylation is 1. The highest BCUT2D eigenvalue weighted by molar-refractivity contribution is 5.78. The smallest absolute Gasteiger partial charge is 0.224 e. The maximum atomic E-state index is 11.7. The molecule has 1 aromatic heterocycles. The lowest BCUT2D eigenvalue weighted by molar-refractivity contribution is -0.120. The Labute approximate surface area is 111 Å². The van der Waals surface area contributed by atoms with Crippen molar-refractivity contribution in [2.24, 2.45) is 12.8 Å². The lowest BCUT2D eigenvalue weighted by Crippen LogP contribution is -2.25. The first-order valence-corrected chi connectivity index (χ1v) is 6.06. The number of rotatable bonds is 5. The van der Waals surface area contributed by atoms with Gasteiger partial charge in [-0.15, -0.1) is 0 Å². The first kappa shape index (κ1) is 13.2. The molecule has 0 saturated carbocycles. The molecule has 6 nitrogen and oxygen atoms in total. The lowest BCUT2D eigenvalue weighted by atomic mass is 10.1. The zero-order valence-corrected chi connectivity index (χ0v) is 10.8. The van der Waals surface area contributed by atoms with Crippen LogP contribution < -0.4 is 11.1 Å². The molecule has 0 bridgehead atoms. The fraction of sp³-hybridized carbons (Fsp3) is 0.308. The van der Waals surface area contributed by atoms with Gasteiger partial charge >= 0.3 is 0 Å². The van der Waals surface area contributed by atoms with Gasteiger partial charge in [0.1, 0.15) is 6.33 Å². The molecule has 0 aliphatic heterocycles. The predicted octanol–water partition coefficient (Wildman–Crippen LogP) is 0.133. The zero-order chi connectivity index (χ0) is 13.7. The van der Waals surface area contributed by atoms with Gasteiger partial charge in [0, 0.05) is 13.6 Å². The van der Waals surface area contributed by atoms with Crippen molar-refractivity contribution in [3.05, 3.63) is 47.5 Å². The molecule has 1 heterocycles. The molecule has 0 radical (unpaired) electrons. The van der Waals surface area contributed by atoms with E-state index in [4.69, 9.17) is 5.73 Å². The quantitative estimate of drug-likeness (QED) is 0.799. The average molecular weight is 259 g/mol. The average Bonchev–Trinajstić information content (AvgIpc) is 2.83. The number of benzene rings is 1. The highest BCUT2D eigenvalue weighted by Gasteiger charge is 2.05. The second-order valence-electron chi connectivity index (χ2n) is 4.31. The highest BCUT2D eigenvalue weighted by atomic mass is 16.1. The summed E-state index contributed by atoms with van der Waals surface area (Å²) in [4.78, 5) is 15.8. The van der Waals surface area contributed by atoms with Gasteiger partial charge in [-0.05, 0) is 11.1 Å². The molecule has 2 rings (SSSR count). The van der Waals surface area contributed by atoms with E-state index in [0.29, 0.717) is 25.3 Å². The van der Waals surface area contributed by atoms with Crippen molar-refractivity contribution in [1.82, 2.24) is 20.1 Å². The molecule has 0 fully saturated rings. The maximum Gasteiger partial charge on any atom is 0.224 e. The summed E-state index contributed by atoms with van der Waals surface area (Å²) < 4.78 is 1.60. The van der Waals surface area contributed by atoms with E-state index in [2.05, 4.69) is 15.4 Å². The normalized spacial score (nSPS) is 10.4. The lowest BCUT2D eigenvalue weighted by Gasteiger charge is -2.04. The third kappa shape index (κ3) is 3.89. The summed E-state index contributed by atoms with van der Waals surface area (Å²) >= 11 is 0. The monoisotopic (exact) mass is 259 g/mol. The van der Waals surface area contributed by atoms with Gasteiger partial charge in [-0.25, -0.2) is 4.98 Å². The molecule has 0 spiro atoms. The Balaban J connectivity index is 1.83. The van der Waals surface area contributed by atoms with Crippen molar-refractivity contribution >= 4 is 5.91 Å². The third-order valence-electron chi connectivity index (χ3n) is 2.71. The van der Waals surface area contributed by atoms with Crippen molar-refractivity contribution in [2.75, 3.05) is 0 Å². The van der Waals surface area contributed by atoms with E-state index in [-0.39, 0.29) is 5.91 Å². The second-order valence-corrected chi connectivity index (χ2v) is 4.31. The molecule has 100 valence electrons. The number of hydrogen-bond donors (Lipinski definition) is 2. The van der Waals surface area contributed by atoms with E-state index < -0.39 is 0 Å². The summed E-state index contributed by atoms with van der Waals surface area (Å²) in [7, 11) is 1.79. The van der Waals surface area contributed by atoms with Crippen molar-refractivity contribution in [3.8, 4) is 0 Å². The summed E-state index contributed by atoms with van der Waals surface area (Å²) in [5, 5.41) is 6.88. The minimum Gasteiger partial charge on any atom is -0.348 e. The van der Waals surface area contributed by atoms with Gasteiger partial charge in [-0.2, -0.15) is 5.10 Å². The number of carbonyl (C=O) groups is 1. The first-order chi connectivity index (χ1) is 9.17. The summed E-state index contributed by atoms with van der Waals surface area (Å²) in [6, 6.07) is 7.70. The molecule has 0 unspecified atom stereocenters. The molecule has 19 heavy (non-hydrogen) atoms. The van der Waals surface area contributed by atoms with Crippen LogP contribution in [0.2, 0.25) is 0 Å². The number of nitrogens with two attached hydrogens (primary N) is 1. The minimum atomic E-state index is -0.0482. The summed E-state index contributed by atoms with van der Waals surface area (Å²) in [5.41, 5.74) is 7.54. The highest BCUT2D eigenvalue weighted by Crippen LogP contribution is 2.04. The standard InChI is InChI=1S/C13H17N5O/c1-18-9-16-12(17-18)8-15-13(19)6-10-2-4-11(7-14)5-3-10/h2-5,9H,6-8,14H2,1H3,(H,15,19). The van der Waals surface area contributed by atoms with Crippen LogP contribution in [-0.4, -0.2) is 20.7 Å². The largest absolute Gasteiger partial charge is 0.348 e. The molecule has 0 atom stereocenters. The van der Waals surface area contributed by atoms with Gasteiger partial charge in [0.2, 0.25) is 5.91 Å². The first-order valence-electron chi connectivity index (χ1n) is 6.06. The van der Waals surface area contributed by atoms with Crippen molar-refractivity contribution < 1.29 is 4.79 Å². The van der Waals surface area contributed by atoms with Crippen LogP contribution >= 0.6 is 0 Å². The number of amides is 1. The number of aromatic nitrogens is 3. The Morgan fingerprint density at radius 1 is 1.32 bits per heavy atom. The van der Waals surface area contributed by atoms with Crippen LogP contribution in [0.25, 0.3) is 0 Å². The third-order valence-corrected chi connectivity index (χ3v) is 2.71. The molecular weight excluding hydrogens is 242 g/mol. The SMILES string of the molecule is Cn1cnc(CNC(=O)Cc2ccc(CN)cc2)n1. The Hall–Kier alpha value is -2.21. The van der Waals surface area contributed by atoms with E-state index in [0.717, 1.165) is 11.1 Å². The molecule has 1 amide bonds. The Bertz CT molecular complexity index is 546. The Morgan fingerprint density at radius 2 is 2.00 bits per heavy atom. The zero-order valence-electron chi connectivity index (χ0n) is 10.8. The molecule has 0 aliphatic rings. The van der Waals surface area contributed by atoms with Crippen LogP contribution in [0.5, 0.6) is 0 Å². The fourth-order valence-electron chi connectivity index (χ4n) is 1.68. The van der Waals surface area contributed by atoms with Crippen molar-refractivity contribution in [2.45, 2.75) is 19.5 Å². The van der Waals surface area contributed by atoms with Crippen molar-refractivity contribution in [1.29, 1.82) is 0 Å². The van der Waals surface area contributed by atoms with Gasteiger partial charge in [-0.1, -0.05) is 24.3 Å². The molecule has 2 aromatic rings. The van der Waals surface area contributed by atoms with Gasteiger partial charge in [0.15, 0.2) is 5.82 Å². The number of nitrogens with one attached hydrogen (secondary N) is 1. The summed E-state index contributed by atoms with van der Waals surface area (Å²) in [6.07, 6.45) is 1.95. The number of hydrogen-bond acceptors (Lipinski definition) is 4. The maximum absolute atomic E-state index is 11.7. The molecule has 6 heteroatoms. The molecule has 0 saturated heterocycles. The van der Waals surface area contributed by atoms with Crippen LogP contribution in [0, 0.1) is 0 Å². The molecule has 3 N–H and O–H groups in total.